The van der Waals surface area contributed by atoms with E-state index in [1.807, 2.05) is 11.8 Å². The summed E-state index contributed by atoms with van der Waals surface area (Å²) in [6, 6.07) is 0.443. The second kappa shape index (κ2) is 4.53. The van der Waals surface area contributed by atoms with Crippen LogP contribution in [0.4, 0.5) is 0 Å². The molecule has 1 amide bonds. The highest BCUT2D eigenvalue weighted by atomic mass is 32.2. The fraction of sp³-hybridized carbons (Fsp3) is 0.900. The number of hydrogen-bond donors (Lipinski definition) is 1. The number of carbonyl (C=O) groups excluding carboxylic acids is 1. The van der Waals surface area contributed by atoms with Gasteiger partial charge < -0.3 is 10.2 Å². The summed E-state index contributed by atoms with van der Waals surface area (Å²) in [7, 11) is 0. The fourth-order valence-corrected chi connectivity index (χ4v) is 2.96. The molecule has 1 N–H and O–H groups in total. The minimum atomic E-state index is 0.264. The van der Waals surface area contributed by atoms with Crippen LogP contribution in [0.5, 0.6) is 0 Å². The van der Waals surface area contributed by atoms with Gasteiger partial charge in [-0.15, -0.1) is 0 Å². The van der Waals surface area contributed by atoms with Gasteiger partial charge in [-0.25, -0.2) is 0 Å². The molecule has 0 spiro atoms. The molecule has 2 saturated heterocycles. The molecule has 2 rings (SSSR count). The smallest absolute Gasteiger partial charge is 0.228 e. The summed E-state index contributed by atoms with van der Waals surface area (Å²) in [5.41, 5.74) is 0. The largest absolute Gasteiger partial charge is 0.339 e. The van der Waals surface area contributed by atoms with Crippen LogP contribution in [0.3, 0.4) is 0 Å². The molecule has 80 valence electrons. The molecule has 14 heavy (non-hydrogen) atoms. The molecule has 0 radical (unpaired) electrons. The first-order valence-electron chi connectivity index (χ1n) is 5.38. The Labute approximate surface area is 89.6 Å². The number of carbonyl (C=O) groups is 1. The third kappa shape index (κ3) is 2.06. The van der Waals surface area contributed by atoms with Crippen LogP contribution in [0.2, 0.25) is 0 Å². The molecule has 2 fully saturated rings. The van der Waals surface area contributed by atoms with Crippen molar-refractivity contribution in [2.75, 3.05) is 31.1 Å². The second-order valence-electron chi connectivity index (χ2n) is 4.14. The minimum Gasteiger partial charge on any atom is -0.339 e. The fourth-order valence-electron chi connectivity index (χ4n) is 1.92. The van der Waals surface area contributed by atoms with Crippen molar-refractivity contribution in [2.24, 2.45) is 5.92 Å². The third-order valence-electron chi connectivity index (χ3n) is 3.10. The molecule has 4 heteroatoms. The van der Waals surface area contributed by atoms with E-state index >= 15 is 0 Å². The Morgan fingerprint density at radius 3 is 2.86 bits per heavy atom. The summed E-state index contributed by atoms with van der Waals surface area (Å²) >= 11 is 1.97. The summed E-state index contributed by atoms with van der Waals surface area (Å²) < 4.78 is 0. The molecule has 1 atom stereocenters. The maximum atomic E-state index is 12.0. The highest BCUT2D eigenvalue weighted by Crippen LogP contribution is 2.19. The van der Waals surface area contributed by atoms with Crippen molar-refractivity contribution in [3.8, 4) is 0 Å². The van der Waals surface area contributed by atoms with E-state index in [-0.39, 0.29) is 5.92 Å². The topological polar surface area (TPSA) is 32.3 Å². The number of nitrogens with one attached hydrogen (secondary N) is 1. The Morgan fingerprint density at radius 1 is 1.43 bits per heavy atom. The monoisotopic (exact) mass is 214 g/mol. The van der Waals surface area contributed by atoms with Gasteiger partial charge >= 0.3 is 0 Å². The Morgan fingerprint density at radius 2 is 2.21 bits per heavy atom. The second-order valence-corrected chi connectivity index (χ2v) is 5.36. The van der Waals surface area contributed by atoms with Crippen molar-refractivity contribution in [2.45, 2.75) is 19.4 Å². The first kappa shape index (κ1) is 10.3. The predicted octanol–water partition coefficient (Wildman–Crippen LogP) is 0.560. The van der Waals surface area contributed by atoms with Crippen molar-refractivity contribution < 1.29 is 4.79 Å². The molecule has 0 bridgehead atoms. The van der Waals surface area contributed by atoms with E-state index in [2.05, 4.69) is 17.1 Å². The van der Waals surface area contributed by atoms with Crippen LogP contribution in [-0.2, 0) is 4.79 Å². The van der Waals surface area contributed by atoms with E-state index in [4.69, 9.17) is 0 Å². The standard InChI is InChI=1S/C10H18N2OS/c1-8-2-4-14-5-3-12(8)10(13)9-6-11-7-9/h8-9,11H,2-7H2,1H3. The van der Waals surface area contributed by atoms with Gasteiger partial charge in [0.05, 0.1) is 5.92 Å². The van der Waals surface area contributed by atoms with Crippen molar-refractivity contribution >= 4 is 17.7 Å². The van der Waals surface area contributed by atoms with Gasteiger partial charge in [-0.2, -0.15) is 11.8 Å². The van der Waals surface area contributed by atoms with E-state index < -0.39 is 0 Å². The summed E-state index contributed by atoms with van der Waals surface area (Å²) in [5, 5.41) is 3.16. The van der Waals surface area contributed by atoms with Gasteiger partial charge in [0.1, 0.15) is 0 Å². The highest BCUT2D eigenvalue weighted by Gasteiger charge is 2.31. The first-order valence-corrected chi connectivity index (χ1v) is 6.53. The minimum absolute atomic E-state index is 0.264. The summed E-state index contributed by atoms with van der Waals surface area (Å²) in [6.45, 7) is 4.89. The molecule has 0 saturated carbocycles. The maximum Gasteiger partial charge on any atom is 0.228 e. The van der Waals surface area contributed by atoms with Crippen LogP contribution in [0.25, 0.3) is 0 Å². The lowest BCUT2D eigenvalue weighted by atomic mass is 10.0. The van der Waals surface area contributed by atoms with Gasteiger partial charge in [0, 0.05) is 31.4 Å². The third-order valence-corrected chi connectivity index (χ3v) is 4.10. The summed E-state index contributed by atoms with van der Waals surface area (Å²) in [5.74, 6) is 2.95. The highest BCUT2D eigenvalue weighted by molar-refractivity contribution is 7.99. The number of rotatable bonds is 1. The molecular formula is C10H18N2OS. The van der Waals surface area contributed by atoms with Crippen LogP contribution < -0.4 is 5.32 Å². The van der Waals surface area contributed by atoms with Crippen LogP contribution in [0.1, 0.15) is 13.3 Å². The van der Waals surface area contributed by atoms with E-state index in [1.165, 1.54) is 5.75 Å². The molecule has 0 aliphatic carbocycles. The molecule has 0 aromatic carbocycles. The quantitative estimate of drug-likeness (QED) is 0.692. The lowest BCUT2D eigenvalue weighted by molar-refractivity contribution is -0.138. The van der Waals surface area contributed by atoms with Crippen LogP contribution in [0, 0.1) is 5.92 Å². The van der Waals surface area contributed by atoms with Crippen LogP contribution >= 0.6 is 11.8 Å². The molecule has 2 aliphatic heterocycles. The van der Waals surface area contributed by atoms with Crippen molar-refractivity contribution in [1.29, 1.82) is 0 Å². The zero-order chi connectivity index (χ0) is 9.97. The Bertz CT molecular complexity index is 218. The summed E-state index contributed by atoms with van der Waals surface area (Å²) in [6.07, 6.45) is 1.15. The Kier molecular flexibility index (Phi) is 3.34. The number of amides is 1. The SMILES string of the molecule is CC1CCSCCN1C(=O)C1CNC1. The molecular weight excluding hydrogens is 196 g/mol. The van der Waals surface area contributed by atoms with Crippen molar-refractivity contribution in [3.05, 3.63) is 0 Å². The van der Waals surface area contributed by atoms with Gasteiger partial charge in [0.2, 0.25) is 5.91 Å². The average molecular weight is 214 g/mol. The molecule has 2 heterocycles. The molecule has 1 unspecified atom stereocenters. The Hall–Kier alpha value is -0.220. The summed E-state index contributed by atoms with van der Waals surface area (Å²) in [4.78, 5) is 14.1. The number of thioether (sulfide) groups is 1. The normalized spacial score (nSPS) is 29.5. The van der Waals surface area contributed by atoms with Gasteiger partial charge in [-0.1, -0.05) is 0 Å². The molecule has 0 aromatic rings. The first-order chi connectivity index (χ1) is 6.79. The van der Waals surface area contributed by atoms with Crippen LogP contribution in [-0.4, -0.2) is 48.0 Å². The predicted molar refractivity (Wildman–Crippen MR) is 59.5 cm³/mol. The molecule has 3 nitrogen and oxygen atoms in total. The zero-order valence-corrected chi connectivity index (χ0v) is 9.48. The van der Waals surface area contributed by atoms with Crippen molar-refractivity contribution in [3.63, 3.8) is 0 Å². The van der Waals surface area contributed by atoms with Gasteiger partial charge in [0.25, 0.3) is 0 Å². The number of nitrogens with zero attached hydrogens (tertiary/aromatic N) is 1. The van der Waals surface area contributed by atoms with E-state index in [0.29, 0.717) is 11.9 Å². The lowest BCUT2D eigenvalue weighted by Gasteiger charge is -2.34. The average Bonchev–Trinajstić information content (AvgIpc) is 2.26. The van der Waals surface area contributed by atoms with Gasteiger partial charge in [-0.3, -0.25) is 4.79 Å². The van der Waals surface area contributed by atoms with Crippen molar-refractivity contribution in [1.82, 2.24) is 10.2 Å². The van der Waals surface area contributed by atoms with Crippen LogP contribution in [0.15, 0.2) is 0 Å². The Balaban J connectivity index is 1.95. The van der Waals surface area contributed by atoms with E-state index in [1.54, 1.807) is 0 Å². The van der Waals surface area contributed by atoms with E-state index in [0.717, 1.165) is 31.8 Å². The van der Waals surface area contributed by atoms with Gasteiger partial charge in [-0.05, 0) is 19.1 Å². The lowest BCUT2D eigenvalue weighted by Crippen LogP contribution is -2.54. The van der Waals surface area contributed by atoms with E-state index in [9.17, 15) is 4.79 Å². The van der Waals surface area contributed by atoms with Gasteiger partial charge in [0.15, 0.2) is 0 Å². The number of hydrogen-bond acceptors (Lipinski definition) is 3. The molecule has 2 aliphatic rings. The molecule has 0 aromatic heterocycles. The maximum absolute atomic E-state index is 12.0. The zero-order valence-electron chi connectivity index (χ0n) is 8.66.